The molecule has 3 N–H and O–H groups in total. The summed E-state index contributed by atoms with van der Waals surface area (Å²) in [5, 5.41) is 29.5. The minimum absolute atomic E-state index is 0.202. The van der Waals surface area contributed by atoms with Crippen LogP contribution in [0.1, 0.15) is 35.1 Å². The van der Waals surface area contributed by atoms with Crippen molar-refractivity contribution in [1.29, 1.82) is 0 Å². The van der Waals surface area contributed by atoms with Gasteiger partial charge < -0.3 is 15.3 Å². The van der Waals surface area contributed by atoms with Gasteiger partial charge in [-0.3, -0.25) is 9.98 Å². The van der Waals surface area contributed by atoms with Gasteiger partial charge in [0.15, 0.2) is 0 Å². The van der Waals surface area contributed by atoms with E-state index in [4.69, 9.17) is 0 Å². The Morgan fingerprint density at radius 2 is 1.23 bits per heavy atom. The Kier molecular flexibility index (Phi) is 7.36. The summed E-state index contributed by atoms with van der Waals surface area (Å²) in [7, 11) is 0. The third-order valence-electron chi connectivity index (χ3n) is 4.01. The lowest BCUT2D eigenvalue weighted by atomic mass is 10.1. The molecule has 2 aromatic rings. The zero-order valence-electron chi connectivity index (χ0n) is 15.3. The molecule has 0 aliphatic heterocycles. The number of aliphatic hydroxyl groups excluding tert-OH is 1. The van der Waals surface area contributed by atoms with Crippen molar-refractivity contribution >= 4 is 12.4 Å². The first-order valence-corrected chi connectivity index (χ1v) is 8.72. The van der Waals surface area contributed by atoms with Crippen LogP contribution in [-0.4, -0.2) is 46.9 Å². The molecule has 0 atom stereocenters. The van der Waals surface area contributed by atoms with Gasteiger partial charge in [-0.05, 0) is 51.0 Å². The fraction of sp³-hybridized carbons (Fsp3) is 0.333. The highest BCUT2D eigenvalue weighted by Gasteiger charge is 2.03. The van der Waals surface area contributed by atoms with Gasteiger partial charge in [-0.15, -0.1) is 0 Å². The number of benzene rings is 2. The van der Waals surface area contributed by atoms with Crippen molar-refractivity contribution in [2.75, 3.05) is 13.1 Å². The summed E-state index contributed by atoms with van der Waals surface area (Å²) >= 11 is 0. The molecule has 2 rings (SSSR count). The number of aryl methyl sites for hydroxylation is 2. The fourth-order valence-electron chi connectivity index (χ4n) is 2.47. The number of aliphatic hydroxyl groups is 1. The molecule has 0 aliphatic rings. The Hall–Kier alpha value is -2.66. The summed E-state index contributed by atoms with van der Waals surface area (Å²) in [6, 6.07) is 10.7. The molecule has 5 nitrogen and oxygen atoms in total. The molecule has 0 saturated heterocycles. The number of rotatable bonds is 8. The molecule has 5 heteroatoms. The molecule has 0 fully saturated rings. The molecule has 0 unspecified atom stereocenters. The minimum Gasteiger partial charge on any atom is -0.507 e. The van der Waals surface area contributed by atoms with Crippen molar-refractivity contribution in [1.82, 2.24) is 0 Å². The first-order valence-electron chi connectivity index (χ1n) is 8.72. The second kappa shape index (κ2) is 9.73. The van der Waals surface area contributed by atoms with E-state index in [9.17, 15) is 15.3 Å². The van der Waals surface area contributed by atoms with Gasteiger partial charge in [0.05, 0.1) is 6.10 Å². The van der Waals surface area contributed by atoms with Crippen LogP contribution in [0.2, 0.25) is 0 Å². The van der Waals surface area contributed by atoms with E-state index in [-0.39, 0.29) is 11.5 Å². The van der Waals surface area contributed by atoms with Crippen LogP contribution in [0.15, 0.2) is 46.4 Å². The number of phenolic OH excluding ortho intramolecular Hbond substituents is 2. The van der Waals surface area contributed by atoms with Crippen LogP contribution in [0, 0.1) is 13.8 Å². The van der Waals surface area contributed by atoms with Crippen molar-refractivity contribution in [3.63, 3.8) is 0 Å². The molecular weight excluding hydrogens is 328 g/mol. The van der Waals surface area contributed by atoms with Gasteiger partial charge in [0, 0.05) is 36.6 Å². The standard InChI is InChI=1S/C21H26N2O3/c1-15-3-5-20(25)17(11-15)13-22-9-7-19(24)8-10-23-14-18-12-16(2)4-6-21(18)26/h3-6,11-14,19,24-26H,7-10H2,1-2H3. The molecule has 138 valence electrons. The summed E-state index contributed by atoms with van der Waals surface area (Å²) in [5.74, 6) is 0.405. The maximum absolute atomic E-state index is 9.99. The summed E-state index contributed by atoms with van der Waals surface area (Å²) < 4.78 is 0. The molecule has 0 radical (unpaired) electrons. The first kappa shape index (κ1) is 19.7. The van der Waals surface area contributed by atoms with Gasteiger partial charge in [-0.2, -0.15) is 0 Å². The van der Waals surface area contributed by atoms with Gasteiger partial charge in [0.25, 0.3) is 0 Å². The first-order chi connectivity index (χ1) is 12.5. The van der Waals surface area contributed by atoms with E-state index in [1.807, 2.05) is 38.1 Å². The van der Waals surface area contributed by atoms with Crippen molar-refractivity contribution < 1.29 is 15.3 Å². The highest BCUT2D eigenvalue weighted by atomic mass is 16.3. The average Bonchev–Trinajstić information content (AvgIpc) is 2.61. The predicted molar refractivity (Wildman–Crippen MR) is 106 cm³/mol. The van der Waals surface area contributed by atoms with E-state index in [0.29, 0.717) is 37.1 Å². The number of aromatic hydroxyl groups is 2. The van der Waals surface area contributed by atoms with Gasteiger partial charge in [-0.1, -0.05) is 23.3 Å². The van der Waals surface area contributed by atoms with E-state index < -0.39 is 6.10 Å². The van der Waals surface area contributed by atoms with Crippen LogP contribution < -0.4 is 0 Å². The van der Waals surface area contributed by atoms with Gasteiger partial charge in [0.2, 0.25) is 0 Å². The lowest BCUT2D eigenvalue weighted by Gasteiger charge is -2.07. The van der Waals surface area contributed by atoms with Crippen molar-refractivity contribution in [3.05, 3.63) is 58.7 Å². The smallest absolute Gasteiger partial charge is 0.124 e. The molecular formula is C21H26N2O3. The lowest BCUT2D eigenvalue weighted by Crippen LogP contribution is -2.09. The summed E-state index contributed by atoms with van der Waals surface area (Å²) in [6.45, 7) is 4.88. The highest BCUT2D eigenvalue weighted by Crippen LogP contribution is 2.17. The van der Waals surface area contributed by atoms with Crippen molar-refractivity contribution in [2.45, 2.75) is 32.8 Å². The molecule has 0 bridgehead atoms. The highest BCUT2D eigenvalue weighted by molar-refractivity contribution is 5.84. The van der Waals surface area contributed by atoms with Gasteiger partial charge in [-0.25, -0.2) is 0 Å². The third-order valence-corrected chi connectivity index (χ3v) is 4.01. The SMILES string of the molecule is Cc1ccc(O)c(C=NCCC(O)CCN=Cc2cc(C)ccc2O)c1. The van der Waals surface area contributed by atoms with E-state index in [1.54, 1.807) is 24.6 Å². The number of aliphatic imine (C=N–C) groups is 2. The maximum Gasteiger partial charge on any atom is 0.124 e. The van der Waals surface area contributed by atoms with Gasteiger partial charge >= 0.3 is 0 Å². The predicted octanol–water partition coefficient (Wildman–Crippen LogP) is 3.39. The summed E-state index contributed by atoms with van der Waals surface area (Å²) in [5.41, 5.74) is 3.48. The monoisotopic (exact) mass is 354 g/mol. The van der Waals surface area contributed by atoms with Crippen LogP contribution in [0.5, 0.6) is 11.5 Å². The number of phenols is 2. The second-order valence-corrected chi connectivity index (χ2v) is 6.43. The molecule has 26 heavy (non-hydrogen) atoms. The van der Waals surface area contributed by atoms with E-state index >= 15 is 0 Å². The molecule has 0 heterocycles. The van der Waals surface area contributed by atoms with Crippen molar-refractivity contribution in [2.24, 2.45) is 9.98 Å². The zero-order valence-corrected chi connectivity index (χ0v) is 15.3. The Bertz CT molecular complexity index is 719. The zero-order chi connectivity index (χ0) is 18.9. The average molecular weight is 354 g/mol. The molecule has 0 aliphatic carbocycles. The van der Waals surface area contributed by atoms with Crippen LogP contribution >= 0.6 is 0 Å². The van der Waals surface area contributed by atoms with Crippen LogP contribution in [-0.2, 0) is 0 Å². The van der Waals surface area contributed by atoms with Crippen LogP contribution in [0.3, 0.4) is 0 Å². The topological polar surface area (TPSA) is 85.4 Å². The summed E-state index contributed by atoms with van der Waals surface area (Å²) in [6.07, 6.45) is 3.85. The Balaban J connectivity index is 1.73. The number of hydrogen-bond acceptors (Lipinski definition) is 5. The Labute approximate surface area is 154 Å². The number of hydrogen-bond donors (Lipinski definition) is 3. The molecule has 0 spiro atoms. The molecule has 0 amide bonds. The maximum atomic E-state index is 9.99. The normalized spacial score (nSPS) is 12.9. The lowest BCUT2D eigenvalue weighted by molar-refractivity contribution is 0.160. The molecule has 2 aromatic carbocycles. The van der Waals surface area contributed by atoms with E-state index in [1.165, 1.54) is 0 Å². The largest absolute Gasteiger partial charge is 0.507 e. The minimum atomic E-state index is -0.485. The Morgan fingerprint density at radius 1 is 0.808 bits per heavy atom. The van der Waals surface area contributed by atoms with E-state index in [0.717, 1.165) is 11.1 Å². The van der Waals surface area contributed by atoms with Gasteiger partial charge in [0.1, 0.15) is 11.5 Å². The molecule has 0 saturated carbocycles. The molecule has 0 aromatic heterocycles. The summed E-state index contributed by atoms with van der Waals surface area (Å²) in [4.78, 5) is 8.53. The quantitative estimate of drug-likeness (QED) is 0.635. The third kappa shape index (κ3) is 6.33. The second-order valence-electron chi connectivity index (χ2n) is 6.43. The van der Waals surface area contributed by atoms with E-state index in [2.05, 4.69) is 9.98 Å². The van der Waals surface area contributed by atoms with Crippen LogP contribution in [0.4, 0.5) is 0 Å². The van der Waals surface area contributed by atoms with Crippen LogP contribution in [0.25, 0.3) is 0 Å². The fourth-order valence-corrected chi connectivity index (χ4v) is 2.47. The Morgan fingerprint density at radius 3 is 1.65 bits per heavy atom. The number of nitrogens with zero attached hydrogens (tertiary/aromatic N) is 2. The van der Waals surface area contributed by atoms with Crippen molar-refractivity contribution in [3.8, 4) is 11.5 Å².